The Morgan fingerprint density at radius 2 is 2.13 bits per heavy atom. The molecule has 1 aliphatic heterocycles. The summed E-state index contributed by atoms with van der Waals surface area (Å²) >= 11 is 0. The maximum Gasteiger partial charge on any atom is 0.147 e. The first kappa shape index (κ1) is 12.9. The molecule has 0 radical (unpaired) electrons. The zero-order valence-electron chi connectivity index (χ0n) is 9.65. The summed E-state index contributed by atoms with van der Waals surface area (Å²) in [5, 5.41) is 0. The fraction of sp³-hybridized carbons (Fsp3) is 1.00. The van der Waals surface area contributed by atoms with Crippen LogP contribution in [0.2, 0.25) is 0 Å². The quantitative estimate of drug-likeness (QED) is 0.732. The van der Waals surface area contributed by atoms with Crippen molar-refractivity contribution in [3.8, 4) is 0 Å². The van der Waals surface area contributed by atoms with E-state index in [1.165, 1.54) is 12.7 Å². The summed E-state index contributed by atoms with van der Waals surface area (Å²) in [6.07, 6.45) is 3.20. The Morgan fingerprint density at radius 1 is 1.47 bits per heavy atom. The highest BCUT2D eigenvalue weighted by Crippen LogP contribution is 2.22. The van der Waals surface area contributed by atoms with Gasteiger partial charge in [0.05, 0.1) is 5.75 Å². The summed E-state index contributed by atoms with van der Waals surface area (Å²) in [6.45, 7) is 4.82. The lowest BCUT2D eigenvalue weighted by Crippen LogP contribution is -2.39. The fourth-order valence-corrected chi connectivity index (χ4v) is 2.93. The molecule has 0 aromatic carbocycles. The molecule has 0 aromatic rings. The van der Waals surface area contributed by atoms with Crippen LogP contribution in [0.3, 0.4) is 0 Å². The van der Waals surface area contributed by atoms with Gasteiger partial charge < -0.3 is 5.73 Å². The first-order valence-corrected chi connectivity index (χ1v) is 7.62. The van der Waals surface area contributed by atoms with Crippen molar-refractivity contribution in [2.24, 2.45) is 11.7 Å². The van der Waals surface area contributed by atoms with Crippen molar-refractivity contribution in [3.63, 3.8) is 0 Å². The second-order valence-electron chi connectivity index (χ2n) is 4.59. The van der Waals surface area contributed by atoms with Crippen LogP contribution < -0.4 is 5.73 Å². The van der Waals surface area contributed by atoms with Gasteiger partial charge in [-0.2, -0.15) is 0 Å². The molecule has 5 heteroatoms. The molecule has 1 rings (SSSR count). The first-order chi connectivity index (χ1) is 6.94. The zero-order valence-corrected chi connectivity index (χ0v) is 10.5. The van der Waals surface area contributed by atoms with Crippen molar-refractivity contribution in [3.05, 3.63) is 0 Å². The lowest BCUT2D eigenvalue weighted by atomic mass is 10.0. The van der Waals surface area contributed by atoms with E-state index < -0.39 is 9.84 Å². The zero-order chi connectivity index (χ0) is 11.5. The molecule has 15 heavy (non-hydrogen) atoms. The SMILES string of the molecule is CC1CCN(CCCS(C)(=O)=O)C1CN. The van der Waals surface area contributed by atoms with Crippen LogP contribution in [0.15, 0.2) is 0 Å². The van der Waals surface area contributed by atoms with Crippen molar-refractivity contribution < 1.29 is 8.42 Å². The van der Waals surface area contributed by atoms with Crippen molar-refractivity contribution in [2.45, 2.75) is 25.8 Å². The molecular weight excluding hydrogens is 212 g/mol. The van der Waals surface area contributed by atoms with E-state index in [9.17, 15) is 8.42 Å². The molecule has 2 unspecified atom stereocenters. The number of hydrogen-bond acceptors (Lipinski definition) is 4. The molecule has 0 bridgehead atoms. The topological polar surface area (TPSA) is 63.4 Å². The van der Waals surface area contributed by atoms with Gasteiger partial charge in [0.2, 0.25) is 0 Å². The number of hydrogen-bond donors (Lipinski definition) is 1. The van der Waals surface area contributed by atoms with Gasteiger partial charge in [0.1, 0.15) is 9.84 Å². The Morgan fingerprint density at radius 3 is 2.67 bits per heavy atom. The second kappa shape index (κ2) is 5.27. The van der Waals surface area contributed by atoms with Crippen LogP contribution in [0.5, 0.6) is 0 Å². The predicted octanol–water partition coefficient (Wildman–Crippen LogP) is 0.0902. The van der Waals surface area contributed by atoms with Gasteiger partial charge in [-0.05, 0) is 31.8 Å². The Labute approximate surface area is 92.7 Å². The predicted molar refractivity (Wildman–Crippen MR) is 62.5 cm³/mol. The average molecular weight is 234 g/mol. The van der Waals surface area contributed by atoms with Crippen LogP contribution in [0.4, 0.5) is 0 Å². The van der Waals surface area contributed by atoms with Gasteiger partial charge >= 0.3 is 0 Å². The van der Waals surface area contributed by atoms with Crippen LogP contribution in [-0.4, -0.2) is 51.0 Å². The third-order valence-electron chi connectivity index (χ3n) is 3.20. The summed E-state index contributed by atoms with van der Waals surface area (Å²) in [5.41, 5.74) is 5.71. The average Bonchev–Trinajstić information content (AvgIpc) is 2.44. The Balaban J connectivity index is 2.33. The number of likely N-dealkylation sites (tertiary alicyclic amines) is 1. The van der Waals surface area contributed by atoms with Crippen molar-refractivity contribution in [2.75, 3.05) is 31.6 Å². The van der Waals surface area contributed by atoms with E-state index in [1.807, 2.05) is 0 Å². The van der Waals surface area contributed by atoms with E-state index in [-0.39, 0.29) is 5.75 Å². The molecule has 1 heterocycles. The third-order valence-corrected chi connectivity index (χ3v) is 4.23. The van der Waals surface area contributed by atoms with Crippen molar-refractivity contribution in [1.82, 2.24) is 4.90 Å². The van der Waals surface area contributed by atoms with E-state index in [2.05, 4.69) is 11.8 Å². The molecule has 0 aliphatic carbocycles. The molecule has 1 fully saturated rings. The number of sulfone groups is 1. The van der Waals surface area contributed by atoms with Gasteiger partial charge in [0.25, 0.3) is 0 Å². The molecule has 0 saturated carbocycles. The summed E-state index contributed by atoms with van der Waals surface area (Å²) < 4.78 is 22.0. The smallest absolute Gasteiger partial charge is 0.147 e. The molecule has 0 amide bonds. The highest BCUT2D eigenvalue weighted by Gasteiger charge is 2.29. The first-order valence-electron chi connectivity index (χ1n) is 5.56. The van der Waals surface area contributed by atoms with E-state index in [0.717, 1.165) is 19.5 Å². The summed E-state index contributed by atoms with van der Waals surface area (Å²) in [4.78, 5) is 2.33. The van der Waals surface area contributed by atoms with Crippen LogP contribution in [-0.2, 0) is 9.84 Å². The van der Waals surface area contributed by atoms with Gasteiger partial charge in [-0.25, -0.2) is 8.42 Å². The van der Waals surface area contributed by atoms with Crippen LogP contribution in [0.25, 0.3) is 0 Å². The molecule has 4 nitrogen and oxygen atoms in total. The van der Waals surface area contributed by atoms with Crippen LogP contribution >= 0.6 is 0 Å². The minimum Gasteiger partial charge on any atom is -0.329 e. The molecule has 0 aromatic heterocycles. The Bertz CT molecular complexity index is 290. The van der Waals surface area contributed by atoms with E-state index >= 15 is 0 Å². The summed E-state index contributed by atoms with van der Waals surface area (Å²) in [7, 11) is -2.81. The van der Waals surface area contributed by atoms with Gasteiger partial charge in [-0.15, -0.1) is 0 Å². The lowest BCUT2D eigenvalue weighted by Gasteiger charge is -2.25. The van der Waals surface area contributed by atoms with E-state index in [0.29, 0.717) is 18.5 Å². The highest BCUT2D eigenvalue weighted by molar-refractivity contribution is 7.90. The molecule has 90 valence electrons. The standard InChI is InChI=1S/C10H22N2O2S/c1-9-4-6-12(10(9)8-11)5-3-7-15(2,13)14/h9-10H,3-8,11H2,1-2H3. The van der Waals surface area contributed by atoms with Crippen molar-refractivity contribution in [1.29, 1.82) is 0 Å². The lowest BCUT2D eigenvalue weighted by molar-refractivity contribution is 0.237. The van der Waals surface area contributed by atoms with Gasteiger partial charge in [-0.1, -0.05) is 6.92 Å². The number of rotatable bonds is 5. The van der Waals surface area contributed by atoms with Crippen LogP contribution in [0.1, 0.15) is 19.8 Å². The minimum atomic E-state index is -2.81. The molecule has 0 spiro atoms. The second-order valence-corrected chi connectivity index (χ2v) is 6.85. The number of nitrogens with zero attached hydrogens (tertiary/aromatic N) is 1. The Kier molecular flexibility index (Phi) is 4.55. The maximum absolute atomic E-state index is 11.0. The molecule has 2 N–H and O–H groups in total. The minimum absolute atomic E-state index is 0.287. The maximum atomic E-state index is 11.0. The van der Waals surface area contributed by atoms with E-state index in [1.54, 1.807) is 0 Å². The largest absolute Gasteiger partial charge is 0.329 e. The summed E-state index contributed by atoms with van der Waals surface area (Å²) in [6, 6.07) is 0.449. The van der Waals surface area contributed by atoms with Crippen molar-refractivity contribution >= 4 is 9.84 Å². The summed E-state index contributed by atoms with van der Waals surface area (Å²) in [5.74, 6) is 0.933. The van der Waals surface area contributed by atoms with Crippen LogP contribution in [0, 0.1) is 5.92 Å². The van der Waals surface area contributed by atoms with Gasteiger partial charge in [0.15, 0.2) is 0 Å². The highest BCUT2D eigenvalue weighted by atomic mass is 32.2. The molecule has 1 aliphatic rings. The third kappa shape index (κ3) is 4.09. The normalized spacial score (nSPS) is 28.5. The van der Waals surface area contributed by atoms with Gasteiger partial charge in [-0.3, -0.25) is 4.90 Å². The monoisotopic (exact) mass is 234 g/mol. The molecular formula is C10H22N2O2S. The Hall–Kier alpha value is -0.130. The van der Waals surface area contributed by atoms with E-state index in [4.69, 9.17) is 5.73 Å². The molecule has 2 atom stereocenters. The van der Waals surface area contributed by atoms with Gasteiger partial charge in [0, 0.05) is 18.8 Å². The molecule has 1 saturated heterocycles. The number of nitrogens with two attached hydrogens (primary N) is 1. The fourth-order valence-electron chi connectivity index (χ4n) is 2.28.